The Balaban J connectivity index is 1.91. The lowest BCUT2D eigenvalue weighted by Crippen LogP contribution is -2.50. The molecule has 1 aromatic carbocycles. The molecule has 0 radical (unpaired) electrons. The first-order valence-electron chi connectivity index (χ1n) is 6.55. The number of ether oxygens (including phenoxy) is 1. The van der Waals surface area contributed by atoms with E-state index in [0.717, 1.165) is 19.5 Å². The third kappa shape index (κ3) is 2.30. The number of hydrogen-bond donors (Lipinski definition) is 0. The number of fused-ring (bicyclic) bond motifs is 1. The lowest BCUT2D eigenvalue weighted by atomic mass is 10.0. The van der Waals surface area contributed by atoms with Gasteiger partial charge in [0.15, 0.2) is 5.58 Å². The average Bonchev–Trinajstić information content (AvgIpc) is 2.82. The molecule has 0 bridgehead atoms. The van der Waals surface area contributed by atoms with E-state index in [1.165, 1.54) is 12.1 Å². The fourth-order valence-corrected chi connectivity index (χ4v) is 2.33. The average molecular weight is 264 g/mol. The fourth-order valence-electron chi connectivity index (χ4n) is 2.33. The van der Waals surface area contributed by atoms with Crippen LogP contribution in [0.1, 0.15) is 20.3 Å². The summed E-state index contributed by atoms with van der Waals surface area (Å²) in [7, 11) is 0. The van der Waals surface area contributed by atoms with Crippen LogP contribution in [-0.2, 0) is 4.74 Å². The van der Waals surface area contributed by atoms with Crippen molar-refractivity contribution in [1.82, 2.24) is 4.98 Å². The summed E-state index contributed by atoms with van der Waals surface area (Å²) in [5.41, 5.74) is 0.991. The summed E-state index contributed by atoms with van der Waals surface area (Å²) < 4.78 is 24.6. The monoisotopic (exact) mass is 264 g/mol. The molecular formula is C14H17FN2O2. The molecule has 1 aliphatic rings. The minimum absolute atomic E-state index is 0.176. The number of halogens is 1. The highest BCUT2D eigenvalue weighted by atomic mass is 19.1. The molecule has 5 heteroatoms. The number of benzene rings is 1. The van der Waals surface area contributed by atoms with Crippen LogP contribution in [0.4, 0.5) is 10.4 Å². The van der Waals surface area contributed by atoms with Crippen LogP contribution in [0.2, 0.25) is 0 Å². The van der Waals surface area contributed by atoms with E-state index < -0.39 is 0 Å². The van der Waals surface area contributed by atoms with Gasteiger partial charge >= 0.3 is 0 Å². The van der Waals surface area contributed by atoms with E-state index in [1.54, 1.807) is 6.07 Å². The highest BCUT2D eigenvalue weighted by Crippen LogP contribution is 2.28. The van der Waals surface area contributed by atoms with Crippen molar-refractivity contribution in [3.63, 3.8) is 0 Å². The normalized spacial score (nSPS) is 24.1. The summed E-state index contributed by atoms with van der Waals surface area (Å²) in [6, 6.07) is 4.93. The molecule has 102 valence electrons. The number of morpholine rings is 1. The molecule has 1 saturated heterocycles. The Morgan fingerprint density at radius 2 is 2.32 bits per heavy atom. The molecule has 19 heavy (non-hydrogen) atoms. The Bertz CT molecular complexity index is 598. The second-order valence-corrected chi connectivity index (χ2v) is 5.18. The topological polar surface area (TPSA) is 38.5 Å². The highest BCUT2D eigenvalue weighted by molar-refractivity contribution is 5.74. The molecule has 0 spiro atoms. The van der Waals surface area contributed by atoms with Crippen LogP contribution in [0.25, 0.3) is 11.1 Å². The van der Waals surface area contributed by atoms with E-state index in [-0.39, 0.29) is 11.4 Å². The zero-order valence-corrected chi connectivity index (χ0v) is 11.1. The van der Waals surface area contributed by atoms with Crippen molar-refractivity contribution in [2.75, 3.05) is 24.6 Å². The van der Waals surface area contributed by atoms with Crippen LogP contribution in [-0.4, -0.2) is 30.3 Å². The van der Waals surface area contributed by atoms with Gasteiger partial charge in [0, 0.05) is 12.6 Å². The van der Waals surface area contributed by atoms with E-state index in [2.05, 4.69) is 23.7 Å². The Labute approximate surface area is 111 Å². The van der Waals surface area contributed by atoms with Gasteiger partial charge in [-0.25, -0.2) is 4.39 Å². The third-order valence-electron chi connectivity index (χ3n) is 3.69. The molecule has 1 aliphatic heterocycles. The summed E-state index contributed by atoms with van der Waals surface area (Å²) in [4.78, 5) is 6.42. The van der Waals surface area contributed by atoms with Crippen molar-refractivity contribution in [1.29, 1.82) is 0 Å². The maximum Gasteiger partial charge on any atom is 0.298 e. The molecule has 2 heterocycles. The molecule has 1 fully saturated rings. The van der Waals surface area contributed by atoms with Crippen molar-refractivity contribution in [3.8, 4) is 0 Å². The zero-order chi connectivity index (χ0) is 13.5. The van der Waals surface area contributed by atoms with Gasteiger partial charge in [-0.3, -0.25) is 0 Å². The van der Waals surface area contributed by atoms with Gasteiger partial charge in [0.05, 0.1) is 18.8 Å². The molecule has 0 aliphatic carbocycles. The summed E-state index contributed by atoms with van der Waals surface area (Å²) in [6.45, 7) is 6.31. The van der Waals surface area contributed by atoms with Crippen LogP contribution >= 0.6 is 0 Å². The van der Waals surface area contributed by atoms with Gasteiger partial charge in [-0.05, 0) is 25.5 Å². The molecule has 3 rings (SSSR count). The van der Waals surface area contributed by atoms with Gasteiger partial charge in [0.1, 0.15) is 11.3 Å². The van der Waals surface area contributed by atoms with Crippen LogP contribution < -0.4 is 4.90 Å². The highest BCUT2D eigenvalue weighted by Gasteiger charge is 2.32. The Kier molecular flexibility index (Phi) is 2.93. The third-order valence-corrected chi connectivity index (χ3v) is 3.69. The van der Waals surface area contributed by atoms with Crippen LogP contribution in [0.5, 0.6) is 0 Å². The number of hydrogen-bond acceptors (Lipinski definition) is 4. The Hall–Kier alpha value is -1.62. The van der Waals surface area contributed by atoms with Gasteiger partial charge in [-0.2, -0.15) is 4.98 Å². The van der Waals surface area contributed by atoms with E-state index in [1.807, 2.05) is 0 Å². The standard InChI is InChI=1S/C14H17FN2O2/c1-3-14(2)9-17(6-7-18-14)13-16-11-8-10(15)4-5-12(11)19-13/h4-5,8H,3,6-7,9H2,1-2H3. The summed E-state index contributed by atoms with van der Waals surface area (Å²) in [6.07, 6.45) is 0.929. The molecule has 0 N–H and O–H groups in total. The van der Waals surface area contributed by atoms with Crippen LogP contribution in [0, 0.1) is 5.82 Å². The van der Waals surface area contributed by atoms with E-state index in [0.29, 0.717) is 23.7 Å². The molecule has 0 saturated carbocycles. The van der Waals surface area contributed by atoms with E-state index in [9.17, 15) is 4.39 Å². The van der Waals surface area contributed by atoms with Crippen LogP contribution in [0.3, 0.4) is 0 Å². The van der Waals surface area contributed by atoms with Crippen molar-refractivity contribution < 1.29 is 13.5 Å². The van der Waals surface area contributed by atoms with Crippen molar-refractivity contribution in [3.05, 3.63) is 24.0 Å². The molecule has 4 nitrogen and oxygen atoms in total. The number of anilines is 1. The number of nitrogens with zero attached hydrogens (tertiary/aromatic N) is 2. The molecule has 2 aromatic rings. The lowest BCUT2D eigenvalue weighted by Gasteiger charge is -2.39. The van der Waals surface area contributed by atoms with Crippen molar-refractivity contribution in [2.24, 2.45) is 0 Å². The molecule has 1 atom stereocenters. The minimum atomic E-state index is -0.298. The largest absolute Gasteiger partial charge is 0.423 e. The summed E-state index contributed by atoms with van der Waals surface area (Å²) in [5.74, 6) is -0.298. The second-order valence-electron chi connectivity index (χ2n) is 5.18. The van der Waals surface area contributed by atoms with Crippen molar-refractivity contribution >= 4 is 17.1 Å². The summed E-state index contributed by atoms with van der Waals surface area (Å²) in [5, 5.41) is 0. The first kappa shape index (κ1) is 12.4. The Morgan fingerprint density at radius 1 is 1.47 bits per heavy atom. The smallest absolute Gasteiger partial charge is 0.298 e. The first-order valence-corrected chi connectivity index (χ1v) is 6.55. The molecular weight excluding hydrogens is 247 g/mol. The van der Waals surface area contributed by atoms with Gasteiger partial charge in [0.25, 0.3) is 6.01 Å². The molecule has 0 amide bonds. The number of rotatable bonds is 2. The van der Waals surface area contributed by atoms with Gasteiger partial charge in [0.2, 0.25) is 0 Å². The first-order chi connectivity index (χ1) is 9.09. The van der Waals surface area contributed by atoms with E-state index >= 15 is 0 Å². The number of oxazole rings is 1. The van der Waals surface area contributed by atoms with Gasteiger partial charge < -0.3 is 14.1 Å². The van der Waals surface area contributed by atoms with Crippen molar-refractivity contribution in [2.45, 2.75) is 25.9 Å². The quantitative estimate of drug-likeness (QED) is 0.836. The molecule has 1 unspecified atom stereocenters. The second kappa shape index (κ2) is 4.49. The predicted molar refractivity (Wildman–Crippen MR) is 70.8 cm³/mol. The summed E-state index contributed by atoms with van der Waals surface area (Å²) >= 11 is 0. The molecule has 1 aromatic heterocycles. The van der Waals surface area contributed by atoms with Crippen LogP contribution in [0.15, 0.2) is 22.6 Å². The van der Waals surface area contributed by atoms with Gasteiger partial charge in [-0.1, -0.05) is 6.92 Å². The zero-order valence-electron chi connectivity index (χ0n) is 11.1. The maximum atomic E-state index is 13.2. The minimum Gasteiger partial charge on any atom is -0.423 e. The fraction of sp³-hybridized carbons (Fsp3) is 0.500. The predicted octanol–water partition coefficient (Wildman–Crippen LogP) is 2.97. The maximum absolute atomic E-state index is 13.2. The Morgan fingerprint density at radius 3 is 3.11 bits per heavy atom. The van der Waals surface area contributed by atoms with Gasteiger partial charge in [-0.15, -0.1) is 0 Å². The number of aromatic nitrogens is 1. The SMILES string of the molecule is CCC1(C)CN(c2nc3cc(F)ccc3o2)CCO1. The van der Waals surface area contributed by atoms with E-state index in [4.69, 9.17) is 9.15 Å². The lowest BCUT2D eigenvalue weighted by molar-refractivity contribution is -0.0452.